The van der Waals surface area contributed by atoms with Crippen LogP contribution in [0, 0.1) is 6.92 Å². The Hall–Kier alpha value is -4.23. The van der Waals surface area contributed by atoms with E-state index in [0.717, 1.165) is 33.4 Å². The Morgan fingerprint density at radius 1 is 0.811 bits per heavy atom. The largest absolute Gasteiger partial charge is 0.348 e. The Bertz CT molecular complexity index is 1450. The van der Waals surface area contributed by atoms with Crippen molar-refractivity contribution < 1.29 is 4.79 Å². The Morgan fingerprint density at radius 3 is 2.27 bits per heavy atom. The molecule has 37 heavy (non-hydrogen) atoms. The van der Waals surface area contributed by atoms with Gasteiger partial charge in [-0.05, 0) is 47.9 Å². The van der Waals surface area contributed by atoms with Gasteiger partial charge in [-0.15, -0.1) is 10.2 Å². The van der Waals surface area contributed by atoms with Gasteiger partial charge in [0.25, 0.3) is 5.91 Å². The fourth-order valence-electron chi connectivity index (χ4n) is 3.91. The van der Waals surface area contributed by atoms with Crippen LogP contribution in [0.5, 0.6) is 0 Å². The molecule has 0 radical (unpaired) electrons. The molecular weight excluding hydrogens is 478 g/mol. The summed E-state index contributed by atoms with van der Waals surface area (Å²) in [6.45, 7) is 3.24. The highest BCUT2D eigenvalue weighted by molar-refractivity contribution is 7.98. The van der Waals surface area contributed by atoms with E-state index in [1.54, 1.807) is 24.2 Å². The van der Waals surface area contributed by atoms with E-state index in [2.05, 4.69) is 68.4 Å². The predicted octanol–water partition coefficient (Wildman–Crippen LogP) is 5.92. The minimum Gasteiger partial charge on any atom is -0.348 e. The molecule has 2 heterocycles. The number of pyridine rings is 1. The van der Waals surface area contributed by atoms with Crippen molar-refractivity contribution >= 4 is 17.7 Å². The Labute approximate surface area is 220 Å². The summed E-state index contributed by atoms with van der Waals surface area (Å²) in [5.74, 6) is 1.48. The fourth-order valence-corrected chi connectivity index (χ4v) is 4.80. The van der Waals surface area contributed by atoms with E-state index in [4.69, 9.17) is 0 Å². The van der Waals surface area contributed by atoms with Gasteiger partial charge in [0.1, 0.15) is 0 Å². The third-order valence-electron chi connectivity index (χ3n) is 6.00. The molecule has 1 amide bonds. The number of amides is 1. The number of carbonyl (C=O) groups excluding carboxylic acids is 1. The molecule has 5 aromatic rings. The zero-order chi connectivity index (χ0) is 25.5. The molecule has 5 rings (SSSR count). The van der Waals surface area contributed by atoms with Crippen molar-refractivity contribution in [3.05, 3.63) is 131 Å². The monoisotopic (exact) mass is 505 g/mol. The molecule has 0 saturated carbocycles. The molecular formula is C30H27N5OS. The van der Waals surface area contributed by atoms with E-state index in [-0.39, 0.29) is 5.91 Å². The molecule has 184 valence electrons. The number of nitrogens with zero attached hydrogens (tertiary/aromatic N) is 4. The average molecular weight is 506 g/mol. The number of hydrogen-bond donors (Lipinski definition) is 1. The smallest absolute Gasteiger partial charge is 0.251 e. The van der Waals surface area contributed by atoms with Crippen molar-refractivity contribution in [2.24, 2.45) is 0 Å². The second kappa shape index (κ2) is 11.7. The quantitative estimate of drug-likeness (QED) is 0.252. The van der Waals surface area contributed by atoms with Crippen LogP contribution in [0.4, 0.5) is 0 Å². The van der Waals surface area contributed by atoms with Crippen LogP contribution >= 0.6 is 11.8 Å². The van der Waals surface area contributed by atoms with E-state index in [9.17, 15) is 4.79 Å². The third kappa shape index (κ3) is 6.32. The summed E-state index contributed by atoms with van der Waals surface area (Å²) in [6.07, 6.45) is 3.44. The van der Waals surface area contributed by atoms with E-state index in [1.165, 1.54) is 11.1 Å². The van der Waals surface area contributed by atoms with Gasteiger partial charge in [0.2, 0.25) is 0 Å². The first-order valence-corrected chi connectivity index (χ1v) is 13.1. The minimum absolute atomic E-state index is 0.0960. The molecule has 1 N–H and O–H groups in total. The van der Waals surface area contributed by atoms with Gasteiger partial charge in [0.05, 0.1) is 6.54 Å². The van der Waals surface area contributed by atoms with Crippen molar-refractivity contribution in [2.45, 2.75) is 30.9 Å². The lowest BCUT2D eigenvalue weighted by atomic mass is 10.1. The molecule has 6 nitrogen and oxygen atoms in total. The van der Waals surface area contributed by atoms with Gasteiger partial charge < -0.3 is 5.32 Å². The molecule has 0 aliphatic rings. The van der Waals surface area contributed by atoms with Gasteiger partial charge in [0.15, 0.2) is 11.0 Å². The first-order chi connectivity index (χ1) is 18.2. The van der Waals surface area contributed by atoms with Crippen molar-refractivity contribution in [1.82, 2.24) is 25.1 Å². The van der Waals surface area contributed by atoms with Crippen LogP contribution in [0.25, 0.3) is 11.4 Å². The number of rotatable bonds is 9. The van der Waals surface area contributed by atoms with E-state index < -0.39 is 0 Å². The van der Waals surface area contributed by atoms with Gasteiger partial charge in [-0.25, -0.2) is 0 Å². The maximum atomic E-state index is 12.5. The second-order valence-electron chi connectivity index (χ2n) is 8.77. The maximum Gasteiger partial charge on any atom is 0.251 e. The second-order valence-corrected chi connectivity index (χ2v) is 9.71. The summed E-state index contributed by atoms with van der Waals surface area (Å²) in [4.78, 5) is 16.5. The Kier molecular flexibility index (Phi) is 7.72. The molecule has 0 saturated heterocycles. The van der Waals surface area contributed by atoms with Gasteiger partial charge in [0, 0.05) is 35.8 Å². The normalized spacial score (nSPS) is 10.8. The molecule has 3 aromatic carbocycles. The highest BCUT2D eigenvalue weighted by Gasteiger charge is 2.15. The van der Waals surface area contributed by atoms with E-state index in [1.807, 2.05) is 54.6 Å². The molecule has 0 atom stereocenters. The summed E-state index contributed by atoms with van der Waals surface area (Å²) in [5, 5.41) is 12.9. The highest BCUT2D eigenvalue weighted by Crippen LogP contribution is 2.28. The van der Waals surface area contributed by atoms with Gasteiger partial charge in [-0.3, -0.25) is 14.3 Å². The van der Waals surface area contributed by atoms with Crippen molar-refractivity contribution in [1.29, 1.82) is 0 Å². The Balaban J connectivity index is 1.28. The van der Waals surface area contributed by atoms with E-state index >= 15 is 0 Å². The lowest BCUT2D eigenvalue weighted by molar-refractivity contribution is 0.0951. The van der Waals surface area contributed by atoms with Crippen LogP contribution in [0.2, 0.25) is 0 Å². The zero-order valence-corrected chi connectivity index (χ0v) is 21.4. The van der Waals surface area contributed by atoms with Gasteiger partial charge >= 0.3 is 0 Å². The predicted molar refractivity (Wildman–Crippen MR) is 147 cm³/mol. The topological polar surface area (TPSA) is 72.7 Å². The number of hydrogen-bond acceptors (Lipinski definition) is 5. The maximum absolute atomic E-state index is 12.5. The van der Waals surface area contributed by atoms with Gasteiger partial charge in [-0.2, -0.15) is 0 Å². The van der Waals surface area contributed by atoms with Crippen LogP contribution < -0.4 is 5.32 Å². The summed E-state index contributed by atoms with van der Waals surface area (Å²) in [6, 6.07) is 30.2. The third-order valence-corrected chi connectivity index (χ3v) is 7.03. The standard InChI is InChI=1S/C30H27N5OS/c1-22-7-11-26(12-8-22)28-33-34-30(35(28)20-24-5-3-2-4-6-24)37-21-25-9-13-27(14-10-25)29(36)32-19-23-15-17-31-18-16-23/h2-18H,19-21H2,1H3,(H,32,36). The van der Waals surface area contributed by atoms with Gasteiger partial charge in [-0.1, -0.05) is 84.1 Å². The lowest BCUT2D eigenvalue weighted by Crippen LogP contribution is -2.22. The van der Waals surface area contributed by atoms with Crippen molar-refractivity contribution in [2.75, 3.05) is 0 Å². The number of carbonyl (C=O) groups is 1. The summed E-state index contributed by atoms with van der Waals surface area (Å²) in [7, 11) is 0. The first kappa shape index (κ1) is 24.5. The number of nitrogens with one attached hydrogen (secondary N) is 1. The Morgan fingerprint density at radius 2 is 1.54 bits per heavy atom. The van der Waals surface area contributed by atoms with Crippen molar-refractivity contribution in [3.63, 3.8) is 0 Å². The molecule has 0 aliphatic heterocycles. The molecule has 7 heteroatoms. The molecule has 0 unspecified atom stereocenters. The average Bonchev–Trinajstić information content (AvgIpc) is 3.34. The summed E-state index contributed by atoms with van der Waals surface area (Å²) < 4.78 is 2.17. The summed E-state index contributed by atoms with van der Waals surface area (Å²) in [5.41, 5.74) is 6.21. The number of thioether (sulfide) groups is 1. The van der Waals surface area contributed by atoms with Crippen LogP contribution in [0.15, 0.2) is 109 Å². The van der Waals surface area contributed by atoms with Crippen molar-refractivity contribution in [3.8, 4) is 11.4 Å². The first-order valence-electron chi connectivity index (χ1n) is 12.1. The fraction of sp³-hybridized carbons (Fsp3) is 0.133. The van der Waals surface area contributed by atoms with Crippen LogP contribution in [-0.2, 0) is 18.8 Å². The zero-order valence-electron chi connectivity index (χ0n) is 20.5. The molecule has 0 spiro atoms. The number of aryl methyl sites for hydroxylation is 1. The van der Waals surface area contributed by atoms with Crippen LogP contribution in [0.1, 0.15) is 32.6 Å². The minimum atomic E-state index is -0.0960. The lowest BCUT2D eigenvalue weighted by Gasteiger charge is -2.11. The van der Waals surface area contributed by atoms with Crippen LogP contribution in [0.3, 0.4) is 0 Å². The number of aromatic nitrogens is 4. The molecule has 0 bridgehead atoms. The molecule has 0 fully saturated rings. The molecule has 0 aliphatic carbocycles. The highest BCUT2D eigenvalue weighted by atomic mass is 32.2. The van der Waals surface area contributed by atoms with E-state index in [0.29, 0.717) is 18.7 Å². The number of benzene rings is 3. The SMILES string of the molecule is Cc1ccc(-c2nnc(SCc3ccc(C(=O)NCc4ccncc4)cc3)n2Cc2ccccc2)cc1. The summed E-state index contributed by atoms with van der Waals surface area (Å²) >= 11 is 1.64. The van der Waals surface area contributed by atoms with Crippen LogP contribution in [-0.4, -0.2) is 25.7 Å². The molecule has 2 aromatic heterocycles.